The van der Waals surface area contributed by atoms with Gasteiger partial charge in [-0.3, -0.25) is 4.90 Å². The quantitative estimate of drug-likeness (QED) is 0.850. The number of hydrogen-bond acceptors (Lipinski definition) is 6. The molecule has 0 saturated carbocycles. The number of aromatic nitrogens is 4. The van der Waals surface area contributed by atoms with Crippen molar-refractivity contribution in [1.82, 2.24) is 24.6 Å². The number of imidazole rings is 1. The van der Waals surface area contributed by atoms with Gasteiger partial charge in [-0.15, -0.1) is 10.2 Å². The van der Waals surface area contributed by atoms with Crippen molar-refractivity contribution in [1.29, 1.82) is 0 Å². The molecule has 2 aromatic rings. The van der Waals surface area contributed by atoms with E-state index in [0.717, 1.165) is 18.9 Å². The second-order valence-electron chi connectivity index (χ2n) is 5.65. The van der Waals surface area contributed by atoms with E-state index in [2.05, 4.69) is 20.1 Å². The third kappa shape index (κ3) is 2.98. The van der Waals surface area contributed by atoms with E-state index in [1.807, 2.05) is 37.9 Å². The third-order valence-corrected chi connectivity index (χ3v) is 3.74. The minimum atomic E-state index is -0.00421. The maximum Gasteiger partial charge on any atom is 0.236 e. The minimum absolute atomic E-state index is 0.00421. The van der Waals surface area contributed by atoms with Gasteiger partial charge in [0.25, 0.3) is 0 Å². The predicted molar refractivity (Wildman–Crippen MR) is 75.6 cm³/mol. The van der Waals surface area contributed by atoms with Gasteiger partial charge in [0, 0.05) is 31.9 Å². The van der Waals surface area contributed by atoms with Crippen molar-refractivity contribution in [3.63, 3.8) is 0 Å². The Hall–Kier alpha value is -1.73. The van der Waals surface area contributed by atoms with E-state index >= 15 is 0 Å². The molecule has 0 amide bonds. The SMILES string of the molecule is CC(C)c1nnc(C2COCCN2Cc2nccn2C)o1. The van der Waals surface area contributed by atoms with Gasteiger partial charge in [0.2, 0.25) is 11.8 Å². The Bertz CT molecular complexity index is 592. The van der Waals surface area contributed by atoms with Crippen molar-refractivity contribution in [2.24, 2.45) is 7.05 Å². The molecule has 1 atom stereocenters. The number of hydrogen-bond donors (Lipinski definition) is 0. The molecule has 1 fully saturated rings. The van der Waals surface area contributed by atoms with Gasteiger partial charge in [0.15, 0.2) is 0 Å². The van der Waals surface area contributed by atoms with Crippen LogP contribution in [0.25, 0.3) is 0 Å². The van der Waals surface area contributed by atoms with Gasteiger partial charge >= 0.3 is 0 Å². The van der Waals surface area contributed by atoms with Gasteiger partial charge < -0.3 is 13.7 Å². The van der Waals surface area contributed by atoms with E-state index in [9.17, 15) is 0 Å². The lowest BCUT2D eigenvalue weighted by molar-refractivity contribution is -0.0241. The Kier molecular flexibility index (Phi) is 4.03. The first-order valence-electron chi connectivity index (χ1n) is 7.26. The van der Waals surface area contributed by atoms with Gasteiger partial charge in [0.1, 0.15) is 11.9 Å². The molecule has 1 saturated heterocycles. The molecule has 0 aliphatic carbocycles. The Morgan fingerprint density at radius 1 is 1.38 bits per heavy atom. The summed E-state index contributed by atoms with van der Waals surface area (Å²) in [5, 5.41) is 8.32. The fraction of sp³-hybridized carbons (Fsp3) is 0.643. The Balaban J connectivity index is 1.79. The average Bonchev–Trinajstić information content (AvgIpc) is 3.10. The van der Waals surface area contributed by atoms with Crippen molar-refractivity contribution in [3.05, 3.63) is 30.0 Å². The topological polar surface area (TPSA) is 69.2 Å². The molecule has 1 aliphatic rings. The molecule has 21 heavy (non-hydrogen) atoms. The summed E-state index contributed by atoms with van der Waals surface area (Å²) in [7, 11) is 2.00. The number of rotatable bonds is 4. The molecule has 0 bridgehead atoms. The lowest BCUT2D eigenvalue weighted by atomic mass is 10.2. The van der Waals surface area contributed by atoms with Crippen LogP contribution in [0.2, 0.25) is 0 Å². The van der Waals surface area contributed by atoms with Gasteiger partial charge in [-0.1, -0.05) is 13.8 Å². The van der Waals surface area contributed by atoms with Gasteiger partial charge in [0.05, 0.1) is 19.8 Å². The number of morpholine rings is 1. The van der Waals surface area contributed by atoms with Crippen LogP contribution in [0.5, 0.6) is 0 Å². The molecule has 3 heterocycles. The largest absolute Gasteiger partial charge is 0.423 e. The van der Waals surface area contributed by atoms with E-state index in [1.165, 1.54) is 0 Å². The van der Waals surface area contributed by atoms with Crippen molar-refractivity contribution in [2.45, 2.75) is 32.4 Å². The highest BCUT2D eigenvalue weighted by atomic mass is 16.5. The lowest BCUT2D eigenvalue weighted by Gasteiger charge is -2.32. The summed E-state index contributed by atoms with van der Waals surface area (Å²) in [6, 6.07) is -0.00421. The number of nitrogens with zero attached hydrogens (tertiary/aromatic N) is 5. The highest BCUT2D eigenvalue weighted by molar-refractivity contribution is 4.98. The Morgan fingerprint density at radius 2 is 2.24 bits per heavy atom. The van der Waals surface area contributed by atoms with Crippen LogP contribution in [0.4, 0.5) is 0 Å². The van der Waals surface area contributed by atoms with Crippen LogP contribution >= 0.6 is 0 Å². The normalized spacial score (nSPS) is 20.3. The van der Waals surface area contributed by atoms with Gasteiger partial charge in [-0.25, -0.2) is 4.98 Å². The molecule has 3 rings (SSSR count). The average molecular weight is 291 g/mol. The van der Waals surface area contributed by atoms with E-state index in [4.69, 9.17) is 9.15 Å². The van der Waals surface area contributed by atoms with Gasteiger partial charge in [-0.2, -0.15) is 0 Å². The molecular formula is C14H21N5O2. The van der Waals surface area contributed by atoms with Gasteiger partial charge in [-0.05, 0) is 0 Å². The fourth-order valence-corrected chi connectivity index (χ4v) is 2.40. The van der Waals surface area contributed by atoms with Crippen molar-refractivity contribution < 1.29 is 9.15 Å². The first kappa shape index (κ1) is 14.2. The highest BCUT2D eigenvalue weighted by Crippen LogP contribution is 2.26. The van der Waals surface area contributed by atoms with Crippen LogP contribution in [0.1, 0.15) is 43.4 Å². The predicted octanol–water partition coefficient (Wildman–Crippen LogP) is 1.50. The Morgan fingerprint density at radius 3 is 2.90 bits per heavy atom. The zero-order valence-corrected chi connectivity index (χ0v) is 12.7. The monoisotopic (exact) mass is 291 g/mol. The number of ether oxygens (including phenoxy) is 1. The molecule has 0 radical (unpaired) electrons. The van der Waals surface area contributed by atoms with Crippen LogP contribution in [0, 0.1) is 0 Å². The maximum atomic E-state index is 5.79. The fourth-order valence-electron chi connectivity index (χ4n) is 2.40. The molecule has 0 N–H and O–H groups in total. The smallest absolute Gasteiger partial charge is 0.236 e. The summed E-state index contributed by atoms with van der Waals surface area (Å²) < 4.78 is 13.4. The lowest BCUT2D eigenvalue weighted by Crippen LogP contribution is -2.39. The van der Waals surface area contributed by atoms with Crippen LogP contribution in [0.3, 0.4) is 0 Å². The van der Waals surface area contributed by atoms with Crippen molar-refractivity contribution >= 4 is 0 Å². The van der Waals surface area contributed by atoms with E-state index in [-0.39, 0.29) is 12.0 Å². The first-order valence-corrected chi connectivity index (χ1v) is 7.26. The minimum Gasteiger partial charge on any atom is -0.423 e. The zero-order chi connectivity index (χ0) is 14.8. The zero-order valence-electron chi connectivity index (χ0n) is 12.7. The molecule has 2 aromatic heterocycles. The summed E-state index contributed by atoms with van der Waals surface area (Å²) in [5.41, 5.74) is 0. The van der Waals surface area contributed by atoms with Crippen molar-refractivity contribution in [3.8, 4) is 0 Å². The Labute approximate surface area is 123 Å². The third-order valence-electron chi connectivity index (χ3n) is 3.74. The first-order chi connectivity index (χ1) is 10.1. The summed E-state index contributed by atoms with van der Waals surface area (Å²) in [4.78, 5) is 6.67. The van der Waals surface area contributed by atoms with Crippen LogP contribution in [-0.2, 0) is 18.3 Å². The molecule has 0 aromatic carbocycles. The van der Waals surface area contributed by atoms with E-state index < -0.39 is 0 Å². The maximum absolute atomic E-state index is 5.79. The molecule has 0 spiro atoms. The summed E-state index contributed by atoms with van der Waals surface area (Å²) >= 11 is 0. The number of aryl methyl sites for hydroxylation is 1. The second-order valence-corrected chi connectivity index (χ2v) is 5.65. The molecule has 7 heteroatoms. The van der Waals surface area contributed by atoms with Crippen molar-refractivity contribution in [2.75, 3.05) is 19.8 Å². The second kappa shape index (κ2) is 5.95. The van der Waals surface area contributed by atoms with Crippen LogP contribution < -0.4 is 0 Å². The highest BCUT2D eigenvalue weighted by Gasteiger charge is 2.30. The van der Waals surface area contributed by atoms with Crippen LogP contribution in [-0.4, -0.2) is 44.4 Å². The molecule has 1 aliphatic heterocycles. The van der Waals surface area contributed by atoms with E-state index in [0.29, 0.717) is 25.0 Å². The standard InChI is InChI=1S/C14H21N5O2/c1-10(2)13-16-17-14(21-13)11-9-20-7-6-19(11)8-12-15-4-5-18(12)3/h4-5,10-11H,6-9H2,1-3H3. The summed E-state index contributed by atoms with van der Waals surface area (Å²) in [6.07, 6.45) is 3.77. The molecule has 1 unspecified atom stereocenters. The molecular weight excluding hydrogens is 270 g/mol. The van der Waals surface area contributed by atoms with Crippen LogP contribution in [0.15, 0.2) is 16.8 Å². The molecule has 114 valence electrons. The summed E-state index contributed by atoms with van der Waals surface area (Å²) in [6.45, 7) is 6.95. The van der Waals surface area contributed by atoms with E-state index in [1.54, 1.807) is 0 Å². The summed E-state index contributed by atoms with van der Waals surface area (Å²) in [5.74, 6) is 2.56. The molecule has 7 nitrogen and oxygen atoms in total.